The molecule has 1 fully saturated rings. The van der Waals surface area contributed by atoms with E-state index in [4.69, 9.17) is 5.73 Å². The highest BCUT2D eigenvalue weighted by Gasteiger charge is 2.32. The maximum absolute atomic E-state index is 9.54. The Morgan fingerprint density at radius 1 is 1.29 bits per heavy atom. The summed E-state index contributed by atoms with van der Waals surface area (Å²) in [5.41, 5.74) is 8.62. The van der Waals surface area contributed by atoms with Gasteiger partial charge >= 0.3 is 0 Å². The van der Waals surface area contributed by atoms with Crippen LogP contribution in [0.15, 0.2) is 35.9 Å². The number of nitrogens with two attached hydrogens (primary N) is 1. The Morgan fingerprint density at radius 3 is 2.47 bits per heavy atom. The summed E-state index contributed by atoms with van der Waals surface area (Å²) in [6.07, 6.45) is 5.40. The van der Waals surface area contributed by atoms with Gasteiger partial charge in [-0.3, -0.25) is 0 Å². The smallest absolute Gasteiger partial charge is 0.0541 e. The number of rotatable bonds is 2. The zero-order valence-corrected chi connectivity index (χ0v) is 10.4. The van der Waals surface area contributed by atoms with Gasteiger partial charge < -0.3 is 10.8 Å². The van der Waals surface area contributed by atoms with E-state index in [0.29, 0.717) is 0 Å². The third-order valence-electron chi connectivity index (χ3n) is 3.82. The SMILES string of the molecule is C/C(=C\c1ccccc1)C1(N)CCC(O)CC1. The van der Waals surface area contributed by atoms with E-state index in [1.807, 2.05) is 18.2 Å². The number of hydrogen-bond donors (Lipinski definition) is 2. The summed E-state index contributed by atoms with van der Waals surface area (Å²) >= 11 is 0. The predicted octanol–water partition coefficient (Wildman–Crippen LogP) is 2.72. The Morgan fingerprint density at radius 2 is 1.88 bits per heavy atom. The molecule has 3 N–H and O–H groups in total. The molecule has 0 spiro atoms. The van der Waals surface area contributed by atoms with Gasteiger partial charge in [0.1, 0.15) is 0 Å². The minimum atomic E-state index is -0.227. The molecule has 1 aromatic carbocycles. The fourth-order valence-corrected chi connectivity index (χ4v) is 2.46. The number of hydrogen-bond acceptors (Lipinski definition) is 2. The van der Waals surface area contributed by atoms with Crippen molar-refractivity contribution in [2.75, 3.05) is 0 Å². The lowest BCUT2D eigenvalue weighted by Crippen LogP contribution is -2.45. The van der Waals surface area contributed by atoms with Crippen LogP contribution in [0, 0.1) is 0 Å². The van der Waals surface area contributed by atoms with Crippen LogP contribution in [0.5, 0.6) is 0 Å². The molecule has 0 radical (unpaired) electrons. The van der Waals surface area contributed by atoms with Gasteiger partial charge in [-0.25, -0.2) is 0 Å². The highest BCUT2D eigenvalue weighted by molar-refractivity contribution is 5.54. The molecule has 0 atom stereocenters. The molecule has 0 unspecified atom stereocenters. The van der Waals surface area contributed by atoms with Crippen LogP contribution in [-0.2, 0) is 0 Å². The lowest BCUT2D eigenvalue weighted by molar-refractivity contribution is 0.107. The van der Waals surface area contributed by atoms with Gasteiger partial charge in [-0.15, -0.1) is 0 Å². The van der Waals surface area contributed by atoms with Crippen molar-refractivity contribution in [2.45, 2.75) is 44.2 Å². The largest absolute Gasteiger partial charge is 0.393 e. The molecule has 0 heterocycles. The first-order valence-electron chi connectivity index (χ1n) is 6.31. The van der Waals surface area contributed by atoms with Crippen LogP contribution in [0.3, 0.4) is 0 Å². The van der Waals surface area contributed by atoms with Gasteiger partial charge in [-0.05, 0) is 38.2 Å². The average Bonchev–Trinajstić information content (AvgIpc) is 2.34. The average molecular weight is 231 g/mol. The van der Waals surface area contributed by atoms with E-state index >= 15 is 0 Å². The van der Waals surface area contributed by atoms with Crippen molar-refractivity contribution < 1.29 is 5.11 Å². The molecule has 17 heavy (non-hydrogen) atoms. The van der Waals surface area contributed by atoms with Crippen LogP contribution >= 0.6 is 0 Å². The fourth-order valence-electron chi connectivity index (χ4n) is 2.46. The lowest BCUT2D eigenvalue weighted by Gasteiger charge is -2.36. The first-order chi connectivity index (χ1) is 8.10. The lowest BCUT2D eigenvalue weighted by atomic mass is 9.76. The first-order valence-corrected chi connectivity index (χ1v) is 6.31. The van der Waals surface area contributed by atoms with E-state index in [9.17, 15) is 5.11 Å². The molecule has 0 bridgehead atoms. The number of benzene rings is 1. The zero-order valence-electron chi connectivity index (χ0n) is 10.4. The second kappa shape index (κ2) is 5.03. The fraction of sp³-hybridized carbons (Fsp3) is 0.467. The van der Waals surface area contributed by atoms with Gasteiger partial charge in [0, 0.05) is 5.54 Å². The summed E-state index contributed by atoms with van der Waals surface area (Å²) < 4.78 is 0. The van der Waals surface area contributed by atoms with Gasteiger partial charge in [0.2, 0.25) is 0 Å². The molecule has 1 saturated carbocycles. The van der Waals surface area contributed by atoms with Crippen molar-refractivity contribution in [3.05, 3.63) is 41.5 Å². The molecule has 92 valence electrons. The molecule has 1 aliphatic rings. The Kier molecular flexibility index (Phi) is 3.65. The van der Waals surface area contributed by atoms with Gasteiger partial charge in [0.05, 0.1) is 6.10 Å². The maximum Gasteiger partial charge on any atom is 0.0541 e. The topological polar surface area (TPSA) is 46.2 Å². The molecular formula is C15H21NO. The van der Waals surface area contributed by atoms with Gasteiger partial charge in [0.15, 0.2) is 0 Å². The standard InChI is InChI=1S/C15H21NO/c1-12(11-13-5-3-2-4-6-13)15(16)9-7-14(17)8-10-15/h2-6,11,14,17H,7-10,16H2,1H3/b12-11+. The molecule has 2 nitrogen and oxygen atoms in total. The van der Waals surface area contributed by atoms with Crippen LogP contribution < -0.4 is 5.73 Å². The normalized spacial score (nSPS) is 30.3. The molecule has 2 rings (SSSR count). The monoisotopic (exact) mass is 231 g/mol. The van der Waals surface area contributed by atoms with E-state index in [2.05, 4.69) is 25.1 Å². The molecule has 0 saturated heterocycles. The van der Waals surface area contributed by atoms with Crippen LogP contribution in [0.2, 0.25) is 0 Å². The summed E-state index contributed by atoms with van der Waals surface area (Å²) in [5, 5.41) is 9.54. The van der Waals surface area contributed by atoms with Crippen molar-refractivity contribution in [3.63, 3.8) is 0 Å². The molecule has 0 amide bonds. The summed E-state index contributed by atoms with van der Waals surface area (Å²) in [6.45, 7) is 2.10. The minimum Gasteiger partial charge on any atom is -0.393 e. The first kappa shape index (κ1) is 12.3. The quantitative estimate of drug-likeness (QED) is 0.822. The summed E-state index contributed by atoms with van der Waals surface area (Å²) in [7, 11) is 0. The van der Waals surface area contributed by atoms with E-state index in [1.165, 1.54) is 11.1 Å². The van der Waals surface area contributed by atoms with Gasteiger partial charge in [0.25, 0.3) is 0 Å². The minimum absolute atomic E-state index is 0.156. The highest BCUT2D eigenvalue weighted by Crippen LogP contribution is 2.32. The summed E-state index contributed by atoms with van der Waals surface area (Å²) in [6, 6.07) is 10.3. The predicted molar refractivity (Wildman–Crippen MR) is 71.5 cm³/mol. The van der Waals surface area contributed by atoms with E-state index in [-0.39, 0.29) is 11.6 Å². The molecule has 1 aromatic rings. The summed E-state index contributed by atoms with van der Waals surface area (Å²) in [5.74, 6) is 0. The second-order valence-corrected chi connectivity index (χ2v) is 5.13. The van der Waals surface area contributed by atoms with Crippen molar-refractivity contribution in [3.8, 4) is 0 Å². The molecule has 1 aliphatic carbocycles. The maximum atomic E-state index is 9.54. The molecule has 0 aliphatic heterocycles. The van der Waals surface area contributed by atoms with Crippen molar-refractivity contribution in [1.82, 2.24) is 0 Å². The Labute approximate surface area is 103 Å². The second-order valence-electron chi connectivity index (χ2n) is 5.13. The Hall–Kier alpha value is -1.12. The Balaban J connectivity index is 2.14. The summed E-state index contributed by atoms with van der Waals surface area (Å²) in [4.78, 5) is 0. The molecular weight excluding hydrogens is 210 g/mol. The van der Waals surface area contributed by atoms with Crippen LogP contribution in [0.1, 0.15) is 38.2 Å². The van der Waals surface area contributed by atoms with E-state index < -0.39 is 0 Å². The third-order valence-corrected chi connectivity index (χ3v) is 3.82. The van der Waals surface area contributed by atoms with E-state index in [0.717, 1.165) is 25.7 Å². The number of aliphatic hydroxyl groups is 1. The van der Waals surface area contributed by atoms with Crippen LogP contribution in [0.4, 0.5) is 0 Å². The van der Waals surface area contributed by atoms with Gasteiger partial charge in [-0.1, -0.05) is 42.0 Å². The van der Waals surface area contributed by atoms with Gasteiger partial charge in [-0.2, -0.15) is 0 Å². The highest BCUT2D eigenvalue weighted by atomic mass is 16.3. The third kappa shape index (κ3) is 2.96. The zero-order chi connectivity index (χ0) is 12.3. The van der Waals surface area contributed by atoms with E-state index in [1.54, 1.807) is 0 Å². The Bertz CT molecular complexity index is 389. The van der Waals surface area contributed by atoms with Crippen molar-refractivity contribution in [1.29, 1.82) is 0 Å². The van der Waals surface area contributed by atoms with Crippen molar-refractivity contribution in [2.24, 2.45) is 5.73 Å². The van der Waals surface area contributed by atoms with Crippen molar-refractivity contribution >= 4 is 6.08 Å². The van der Waals surface area contributed by atoms with Crippen LogP contribution in [0.25, 0.3) is 6.08 Å². The van der Waals surface area contributed by atoms with Crippen LogP contribution in [-0.4, -0.2) is 16.7 Å². The number of aliphatic hydroxyl groups excluding tert-OH is 1. The molecule has 2 heteroatoms. The molecule has 0 aromatic heterocycles.